The Labute approximate surface area is 167 Å². The fourth-order valence-electron chi connectivity index (χ4n) is 3.06. The molecule has 1 aliphatic heterocycles. The van der Waals surface area contributed by atoms with Gasteiger partial charge in [-0.1, -0.05) is 5.16 Å². The molecule has 0 radical (unpaired) electrons. The molecule has 0 unspecified atom stereocenters. The summed E-state index contributed by atoms with van der Waals surface area (Å²) in [7, 11) is 1.48. The molecule has 1 aliphatic rings. The van der Waals surface area contributed by atoms with Crippen LogP contribution in [0, 0.1) is 5.95 Å². The zero-order valence-electron chi connectivity index (χ0n) is 16.4. The first-order chi connectivity index (χ1) is 14.0. The van der Waals surface area contributed by atoms with Gasteiger partial charge in [-0.2, -0.15) is 4.39 Å². The van der Waals surface area contributed by atoms with Crippen molar-refractivity contribution in [2.24, 2.45) is 0 Å². The molecule has 1 fully saturated rings. The lowest BCUT2D eigenvalue weighted by Gasteiger charge is -2.35. The van der Waals surface area contributed by atoms with Crippen LogP contribution in [0.15, 0.2) is 22.7 Å². The molecule has 0 saturated carbocycles. The number of pyridine rings is 1. The fourth-order valence-corrected chi connectivity index (χ4v) is 3.06. The molecule has 1 saturated heterocycles. The van der Waals surface area contributed by atoms with Crippen molar-refractivity contribution in [1.82, 2.24) is 25.7 Å². The number of urea groups is 1. The van der Waals surface area contributed by atoms with Gasteiger partial charge in [0.25, 0.3) is 5.91 Å². The summed E-state index contributed by atoms with van der Waals surface area (Å²) >= 11 is 0. The smallest absolute Gasteiger partial charge is 0.321 e. The maximum absolute atomic E-state index is 14.3. The fraction of sp³-hybridized carbons (Fsp3) is 0.444. The third kappa shape index (κ3) is 5.19. The number of hydrogen-bond donors (Lipinski definition) is 3. The minimum Gasteiger partial charge on any atom is -0.365 e. The molecule has 0 spiro atoms. The first-order valence-electron chi connectivity index (χ1n) is 9.36. The molecule has 0 aromatic carbocycles. The van der Waals surface area contributed by atoms with E-state index in [1.54, 1.807) is 12.1 Å². The van der Waals surface area contributed by atoms with E-state index in [2.05, 4.69) is 31.0 Å². The number of rotatable bonds is 6. The Morgan fingerprint density at radius 1 is 1.24 bits per heavy atom. The molecular formula is C18H24FN7O3. The Bertz CT molecular complexity index is 865. The average molecular weight is 405 g/mol. The SMILES string of the molecule is CCNC(=O)Nc1cc(CN2CCN(c3ccc(C(=O)NC)nc3F)CC2)no1. The first kappa shape index (κ1) is 20.5. The topological polar surface area (TPSA) is 116 Å². The number of halogens is 1. The Hall–Kier alpha value is -3.21. The normalized spacial score (nSPS) is 14.5. The van der Waals surface area contributed by atoms with E-state index in [1.165, 1.54) is 13.1 Å². The maximum Gasteiger partial charge on any atom is 0.321 e. The van der Waals surface area contributed by atoms with Gasteiger partial charge >= 0.3 is 6.03 Å². The van der Waals surface area contributed by atoms with Gasteiger partial charge in [0, 0.05) is 52.4 Å². The van der Waals surface area contributed by atoms with Gasteiger partial charge < -0.3 is 20.1 Å². The van der Waals surface area contributed by atoms with Crippen LogP contribution < -0.4 is 20.9 Å². The zero-order valence-corrected chi connectivity index (χ0v) is 16.4. The van der Waals surface area contributed by atoms with E-state index < -0.39 is 11.9 Å². The summed E-state index contributed by atoms with van der Waals surface area (Å²) < 4.78 is 19.4. The molecule has 29 heavy (non-hydrogen) atoms. The Morgan fingerprint density at radius 2 is 2.00 bits per heavy atom. The molecule has 3 rings (SSSR count). The van der Waals surface area contributed by atoms with Crippen LogP contribution in [-0.4, -0.2) is 66.8 Å². The number of piperazine rings is 1. The quantitative estimate of drug-likeness (QED) is 0.615. The Balaban J connectivity index is 1.53. The van der Waals surface area contributed by atoms with E-state index in [4.69, 9.17) is 4.52 Å². The molecule has 3 amide bonds. The van der Waals surface area contributed by atoms with E-state index in [-0.39, 0.29) is 17.6 Å². The first-order valence-corrected chi connectivity index (χ1v) is 9.36. The molecular weight excluding hydrogens is 381 g/mol. The second kappa shape index (κ2) is 9.32. The molecule has 3 heterocycles. The second-order valence-electron chi connectivity index (χ2n) is 6.52. The largest absolute Gasteiger partial charge is 0.365 e. The number of carbonyl (C=O) groups is 2. The highest BCUT2D eigenvalue weighted by atomic mass is 19.1. The lowest BCUT2D eigenvalue weighted by atomic mass is 10.2. The van der Waals surface area contributed by atoms with E-state index in [0.29, 0.717) is 50.6 Å². The summed E-state index contributed by atoms with van der Waals surface area (Å²) in [5.74, 6) is -0.792. The number of nitrogens with one attached hydrogen (secondary N) is 3. The van der Waals surface area contributed by atoms with Crippen molar-refractivity contribution in [2.45, 2.75) is 13.5 Å². The van der Waals surface area contributed by atoms with Gasteiger partial charge in [-0.15, -0.1) is 0 Å². The lowest BCUT2D eigenvalue weighted by Crippen LogP contribution is -2.46. The van der Waals surface area contributed by atoms with Crippen LogP contribution in [0.4, 0.5) is 20.8 Å². The van der Waals surface area contributed by atoms with Crippen LogP contribution in [0.2, 0.25) is 0 Å². The predicted molar refractivity (Wildman–Crippen MR) is 104 cm³/mol. The van der Waals surface area contributed by atoms with Crippen LogP contribution in [0.25, 0.3) is 0 Å². The van der Waals surface area contributed by atoms with Crippen molar-refractivity contribution in [3.8, 4) is 0 Å². The number of aromatic nitrogens is 2. The molecule has 2 aromatic rings. The minimum absolute atomic E-state index is 0.0513. The average Bonchev–Trinajstić information content (AvgIpc) is 3.14. The van der Waals surface area contributed by atoms with Crippen molar-refractivity contribution < 1.29 is 18.5 Å². The number of hydrogen-bond acceptors (Lipinski definition) is 7. The van der Waals surface area contributed by atoms with Crippen molar-refractivity contribution in [3.63, 3.8) is 0 Å². The molecule has 11 heteroatoms. The number of amides is 3. The highest BCUT2D eigenvalue weighted by Crippen LogP contribution is 2.21. The molecule has 0 bridgehead atoms. The number of anilines is 2. The van der Waals surface area contributed by atoms with Gasteiger partial charge in [0.15, 0.2) is 0 Å². The summed E-state index contributed by atoms with van der Waals surface area (Å²) in [5, 5.41) is 11.6. The number of carbonyl (C=O) groups excluding carboxylic acids is 2. The second-order valence-corrected chi connectivity index (χ2v) is 6.52. The Morgan fingerprint density at radius 3 is 2.66 bits per heavy atom. The van der Waals surface area contributed by atoms with Gasteiger partial charge in [0.05, 0.1) is 11.4 Å². The van der Waals surface area contributed by atoms with Gasteiger partial charge in [-0.25, -0.2) is 9.78 Å². The van der Waals surface area contributed by atoms with Crippen molar-refractivity contribution in [1.29, 1.82) is 0 Å². The monoisotopic (exact) mass is 405 g/mol. The van der Waals surface area contributed by atoms with E-state index in [9.17, 15) is 14.0 Å². The van der Waals surface area contributed by atoms with E-state index in [1.807, 2.05) is 11.8 Å². The minimum atomic E-state index is -0.655. The summed E-state index contributed by atoms with van der Waals surface area (Å²) in [6.45, 7) is 5.51. The predicted octanol–water partition coefficient (Wildman–Crippen LogP) is 1.03. The van der Waals surface area contributed by atoms with Gasteiger partial charge in [0.2, 0.25) is 11.8 Å². The van der Waals surface area contributed by atoms with Crippen molar-refractivity contribution in [3.05, 3.63) is 35.5 Å². The molecule has 2 aromatic heterocycles. The molecule has 10 nitrogen and oxygen atoms in total. The number of nitrogens with zero attached hydrogens (tertiary/aromatic N) is 4. The van der Waals surface area contributed by atoms with Crippen LogP contribution in [0.3, 0.4) is 0 Å². The van der Waals surface area contributed by atoms with Crippen molar-refractivity contribution in [2.75, 3.05) is 50.0 Å². The van der Waals surface area contributed by atoms with Crippen LogP contribution >= 0.6 is 0 Å². The van der Waals surface area contributed by atoms with Crippen LogP contribution in [0.1, 0.15) is 23.1 Å². The van der Waals surface area contributed by atoms with Crippen LogP contribution in [-0.2, 0) is 6.54 Å². The molecule has 3 N–H and O–H groups in total. The van der Waals surface area contributed by atoms with E-state index in [0.717, 1.165) is 0 Å². The third-order valence-corrected chi connectivity index (χ3v) is 4.52. The molecule has 0 atom stereocenters. The third-order valence-electron chi connectivity index (χ3n) is 4.52. The van der Waals surface area contributed by atoms with E-state index >= 15 is 0 Å². The molecule has 0 aliphatic carbocycles. The summed E-state index contributed by atoms with van der Waals surface area (Å²) in [6.07, 6.45) is 0. The Kier molecular flexibility index (Phi) is 6.60. The van der Waals surface area contributed by atoms with Gasteiger partial charge in [0.1, 0.15) is 5.69 Å². The van der Waals surface area contributed by atoms with Gasteiger partial charge in [-0.3, -0.25) is 15.0 Å². The lowest BCUT2D eigenvalue weighted by molar-refractivity contribution is 0.0957. The summed E-state index contributed by atoms with van der Waals surface area (Å²) in [6, 6.07) is 4.44. The zero-order chi connectivity index (χ0) is 20.8. The highest BCUT2D eigenvalue weighted by Gasteiger charge is 2.22. The summed E-state index contributed by atoms with van der Waals surface area (Å²) in [4.78, 5) is 30.9. The van der Waals surface area contributed by atoms with Crippen molar-refractivity contribution >= 4 is 23.5 Å². The highest BCUT2D eigenvalue weighted by molar-refractivity contribution is 5.92. The summed E-state index contributed by atoms with van der Waals surface area (Å²) in [5.41, 5.74) is 1.13. The standard InChI is InChI=1S/C18H24FN7O3/c1-3-21-18(28)23-15-10-12(24-29-15)11-25-6-8-26(9-7-25)14-5-4-13(17(27)20-2)22-16(14)19/h4-5,10H,3,6-9,11H2,1-2H3,(H,20,27)(H2,21,23,28). The van der Waals surface area contributed by atoms with Crippen LogP contribution in [0.5, 0.6) is 0 Å². The van der Waals surface area contributed by atoms with Gasteiger partial charge in [-0.05, 0) is 19.1 Å². The maximum atomic E-state index is 14.3. The molecule has 156 valence electrons.